The Kier molecular flexibility index (Phi) is 5.27. The molecule has 1 aromatic carbocycles. The molecule has 0 spiro atoms. The van der Waals surface area contributed by atoms with Gasteiger partial charge in [-0.05, 0) is 30.9 Å². The minimum atomic E-state index is -0.171. The SMILES string of the molecule is CC1CCCC(CCl)(NCc2ccc(Br)cc2F)C1. The van der Waals surface area contributed by atoms with Gasteiger partial charge in [0.2, 0.25) is 0 Å². The molecule has 106 valence electrons. The molecule has 0 radical (unpaired) electrons. The van der Waals surface area contributed by atoms with E-state index in [1.54, 1.807) is 0 Å². The van der Waals surface area contributed by atoms with Crippen molar-refractivity contribution in [3.8, 4) is 0 Å². The summed E-state index contributed by atoms with van der Waals surface area (Å²) < 4.78 is 14.6. The van der Waals surface area contributed by atoms with E-state index in [1.165, 1.54) is 18.9 Å². The van der Waals surface area contributed by atoms with Crippen molar-refractivity contribution in [2.24, 2.45) is 5.92 Å². The summed E-state index contributed by atoms with van der Waals surface area (Å²) >= 11 is 9.44. The highest BCUT2D eigenvalue weighted by Gasteiger charge is 2.33. The van der Waals surface area contributed by atoms with E-state index in [0.29, 0.717) is 23.9 Å². The molecule has 2 atom stereocenters. The van der Waals surface area contributed by atoms with Crippen LogP contribution in [-0.2, 0) is 6.54 Å². The van der Waals surface area contributed by atoms with E-state index in [1.807, 2.05) is 12.1 Å². The Hall–Kier alpha value is -0.120. The van der Waals surface area contributed by atoms with Gasteiger partial charge in [0.1, 0.15) is 5.82 Å². The summed E-state index contributed by atoms with van der Waals surface area (Å²) in [4.78, 5) is 0. The smallest absolute Gasteiger partial charge is 0.128 e. The minimum Gasteiger partial charge on any atom is -0.306 e. The summed E-state index contributed by atoms with van der Waals surface area (Å²) in [6, 6.07) is 5.20. The molecule has 2 unspecified atom stereocenters. The van der Waals surface area contributed by atoms with E-state index in [-0.39, 0.29) is 11.4 Å². The van der Waals surface area contributed by atoms with Crippen LogP contribution >= 0.6 is 27.5 Å². The molecule has 0 aromatic heterocycles. The van der Waals surface area contributed by atoms with Gasteiger partial charge in [0, 0.05) is 28.0 Å². The molecule has 0 heterocycles. The van der Waals surface area contributed by atoms with Gasteiger partial charge in [0.25, 0.3) is 0 Å². The first kappa shape index (κ1) is 15.3. The summed E-state index contributed by atoms with van der Waals surface area (Å²) in [5.41, 5.74) is 0.671. The molecule has 1 aromatic rings. The fraction of sp³-hybridized carbons (Fsp3) is 0.600. The van der Waals surface area contributed by atoms with Crippen LogP contribution in [0.5, 0.6) is 0 Å². The Bertz CT molecular complexity index is 440. The van der Waals surface area contributed by atoms with Crippen LogP contribution in [0, 0.1) is 11.7 Å². The number of hydrogen-bond acceptors (Lipinski definition) is 1. The fourth-order valence-corrected chi connectivity index (χ4v) is 3.61. The van der Waals surface area contributed by atoms with E-state index in [9.17, 15) is 4.39 Å². The first-order valence-corrected chi connectivity index (χ1v) is 8.12. The predicted molar refractivity (Wildman–Crippen MR) is 82.0 cm³/mol. The highest BCUT2D eigenvalue weighted by molar-refractivity contribution is 9.10. The normalized spacial score (nSPS) is 27.5. The first-order valence-electron chi connectivity index (χ1n) is 6.79. The summed E-state index contributed by atoms with van der Waals surface area (Å²) in [6.45, 7) is 2.81. The highest BCUT2D eigenvalue weighted by atomic mass is 79.9. The average Bonchev–Trinajstić information content (AvgIpc) is 2.38. The van der Waals surface area contributed by atoms with Gasteiger partial charge in [-0.25, -0.2) is 4.39 Å². The van der Waals surface area contributed by atoms with E-state index < -0.39 is 0 Å². The molecule has 0 bridgehead atoms. The van der Waals surface area contributed by atoms with Crippen molar-refractivity contribution < 1.29 is 4.39 Å². The molecule has 1 saturated carbocycles. The maximum atomic E-state index is 13.8. The number of hydrogen-bond donors (Lipinski definition) is 1. The zero-order chi connectivity index (χ0) is 13.9. The summed E-state index contributed by atoms with van der Waals surface area (Å²) in [6.07, 6.45) is 4.63. The van der Waals surface area contributed by atoms with Crippen molar-refractivity contribution in [1.82, 2.24) is 5.32 Å². The van der Waals surface area contributed by atoms with Gasteiger partial charge in [-0.2, -0.15) is 0 Å². The minimum absolute atomic E-state index is 0.0290. The molecule has 1 aliphatic rings. The zero-order valence-electron chi connectivity index (χ0n) is 11.2. The molecule has 1 fully saturated rings. The van der Waals surface area contributed by atoms with Crippen molar-refractivity contribution in [1.29, 1.82) is 0 Å². The molecule has 1 nitrogen and oxygen atoms in total. The van der Waals surface area contributed by atoms with E-state index in [0.717, 1.165) is 17.3 Å². The lowest BCUT2D eigenvalue weighted by molar-refractivity contribution is 0.207. The third-order valence-electron chi connectivity index (χ3n) is 4.02. The van der Waals surface area contributed by atoms with Gasteiger partial charge in [0.05, 0.1) is 0 Å². The van der Waals surface area contributed by atoms with Crippen molar-refractivity contribution >= 4 is 27.5 Å². The van der Waals surface area contributed by atoms with Crippen LogP contribution in [0.2, 0.25) is 0 Å². The summed E-state index contributed by atoms with van der Waals surface area (Å²) in [7, 11) is 0. The number of benzene rings is 1. The van der Waals surface area contributed by atoms with Crippen molar-refractivity contribution in [3.63, 3.8) is 0 Å². The maximum Gasteiger partial charge on any atom is 0.128 e. The maximum absolute atomic E-state index is 13.8. The number of alkyl halides is 1. The van der Waals surface area contributed by atoms with Crippen LogP contribution in [0.4, 0.5) is 4.39 Å². The summed E-state index contributed by atoms with van der Waals surface area (Å²) in [5.74, 6) is 1.11. The molecule has 1 N–H and O–H groups in total. The third-order valence-corrected chi connectivity index (χ3v) is 5.02. The molecule has 1 aliphatic carbocycles. The zero-order valence-corrected chi connectivity index (χ0v) is 13.5. The lowest BCUT2D eigenvalue weighted by Gasteiger charge is -2.39. The second-order valence-corrected chi connectivity index (χ2v) is 6.89. The standard InChI is InChI=1S/C15H20BrClFN/c1-11-3-2-6-15(8-11,10-17)19-9-12-4-5-13(16)7-14(12)18/h4-5,7,11,19H,2-3,6,8-10H2,1H3. The average molecular weight is 349 g/mol. The molecular formula is C15H20BrClFN. The fourth-order valence-electron chi connectivity index (χ4n) is 2.94. The van der Waals surface area contributed by atoms with Gasteiger partial charge >= 0.3 is 0 Å². The number of rotatable bonds is 4. The molecular weight excluding hydrogens is 329 g/mol. The van der Waals surface area contributed by atoms with Gasteiger partial charge in [-0.3, -0.25) is 0 Å². The lowest BCUT2D eigenvalue weighted by atomic mass is 9.77. The quantitative estimate of drug-likeness (QED) is 0.766. The monoisotopic (exact) mass is 347 g/mol. The molecule has 0 amide bonds. The van der Waals surface area contributed by atoms with Crippen molar-refractivity contribution in [3.05, 3.63) is 34.1 Å². The van der Waals surface area contributed by atoms with Gasteiger partial charge in [-0.1, -0.05) is 41.8 Å². The van der Waals surface area contributed by atoms with E-state index in [2.05, 4.69) is 28.2 Å². The van der Waals surface area contributed by atoms with Crippen LogP contribution < -0.4 is 5.32 Å². The second kappa shape index (κ2) is 6.55. The van der Waals surface area contributed by atoms with Crippen LogP contribution in [0.25, 0.3) is 0 Å². The van der Waals surface area contributed by atoms with Crippen LogP contribution in [-0.4, -0.2) is 11.4 Å². The lowest BCUT2D eigenvalue weighted by Crippen LogP contribution is -2.49. The van der Waals surface area contributed by atoms with Crippen molar-refractivity contribution in [2.75, 3.05) is 5.88 Å². The first-order chi connectivity index (χ1) is 9.04. The Morgan fingerprint density at radius 2 is 2.32 bits per heavy atom. The molecule has 2 rings (SSSR count). The van der Waals surface area contributed by atoms with Crippen molar-refractivity contribution in [2.45, 2.75) is 44.7 Å². The Labute approximate surface area is 128 Å². The van der Waals surface area contributed by atoms with Crippen LogP contribution in [0.1, 0.15) is 38.2 Å². The van der Waals surface area contributed by atoms with Crippen LogP contribution in [0.15, 0.2) is 22.7 Å². The predicted octanol–water partition coefficient (Wildman–Crippen LogP) is 4.87. The molecule has 0 aliphatic heterocycles. The number of halogens is 3. The van der Waals surface area contributed by atoms with Gasteiger partial charge in [0.15, 0.2) is 0 Å². The van der Waals surface area contributed by atoms with E-state index >= 15 is 0 Å². The Morgan fingerprint density at radius 3 is 2.95 bits per heavy atom. The van der Waals surface area contributed by atoms with Gasteiger partial charge in [-0.15, -0.1) is 11.6 Å². The second-order valence-electron chi connectivity index (χ2n) is 5.70. The molecule has 4 heteroatoms. The molecule has 19 heavy (non-hydrogen) atoms. The molecule has 0 saturated heterocycles. The van der Waals surface area contributed by atoms with E-state index in [4.69, 9.17) is 11.6 Å². The topological polar surface area (TPSA) is 12.0 Å². The highest BCUT2D eigenvalue weighted by Crippen LogP contribution is 2.33. The Balaban J connectivity index is 2.03. The summed E-state index contributed by atoms with van der Waals surface area (Å²) in [5, 5.41) is 3.50. The van der Waals surface area contributed by atoms with Crippen LogP contribution in [0.3, 0.4) is 0 Å². The Morgan fingerprint density at radius 1 is 1.53 bits per heavy atom. The van der Waals surface area contributed by atoms with Gasteiger partial charge < -0.3 is 5.32 Å². The largest absolute Gasteiger partial charge is 0.306 e. The third kappa shape index (κ3) is 3.93. The number of nitrogens with one attached hydrogen (secondary N) is 1.